The molecule has 3 aromatic rings. The highest BCUT2D eigenvalue weighted by molar-refractivity contribution is 5.84. The van der Waals surface area contributed by atoms with Gasteiger partial charge < -0.3 is 10.1 Å². The smallest absolute Gasteiger partial charge is 0.156 e. The fourth-order valence-electron chi connectivity index (χ4n) is 1.95. The first-order valence-corrected chi connectivity index (χ1v) is 5.34. The lowest BCUT2D eigenvalue weighted by Gasteiger charge is -2.00. The molecule has 17 heavy (non-hydrogen) atoms. The van der Waals surface area contributed by atoms with Gasteiger partial charge in [0.25, 0.3) is 0 Å². The Morgan fingerprint density at radius 3 is 2.47 bits per heavy atom. The zero-order valence-corrected chi connectivity index (χ0v) is 9.31. The van der Waals surface area contributed by atoms with E-state index in [1.165, 1.54) is 0 Å². The number of aromatic amines is 1. The van der Waals surface area contributed by atoms with Crippen LogP contribution in [0.3, 0.4) is 0 Å². The minimum absolute atomic E-state index is 0.263. The lowest BCUT2D eigenvalue weighted by Crippen LogP contribution is -1.80. The van der Waals surface area contributed by atoms with Gasteiger partial charge in [-0.3, -0.25) is 4.98 Å². The van der Waals surface area contributed by atoms with E-state index in [1.807, 2.05) is 19.1 Å². The number of phenols is 1. The quantitative estimate of drug-likeness (QED) is 0.669. The number of nitrogens with one attached hydrogen (secondary N) is 1. The van der Waals surface area contributed by atoms with E-state index in [-0.39, 0.29) is 5.75 Å². The second kappa shape index (κ2) is 3.59. The third kappa shape index (κ3) is 1.54. The van der Waals surface area contributed by atoms with Crippen molar-refractivity contribution in [2.24, 2.45) is 0 Å². The fraction of sp³-hybridized carbons (Fsp3) is 0.0769. The summed E-state index contributed by atoms with van der Waals surface area (Å²) in [5.41, 5.74) is 4.74. The molecule has 0 radical (unpaired) electrons. The van der Waals surface area contributed by atoms with Gasteiger partial charge in [-0.05, 0) is 36.8 Å². The summed E-state index contributed by atoms with van der Waals surface area (Å²) in [6.45, 7) is 2.01. The molecular weight excluding hydrogens is 214 g/mol. The molecule has 2 N–H and O–H groups in total. The topological polar surface area (TPSA) is 61.8 Å². The Morgan fingerprint density at radius 1 is 1.06 bits per heavy atom. The summed E-state index contributed by atoms with van der Waals surface area (Å²) < 4.78 is 0. The minimum atomic E-state index is 0.263. The number of hydrogen-bond donors (Lipinski definition) is 2. The standard InChI is InChI=1S/C13H11N3O/c1-8-11(9-2-4-10(17)5-3-9)16-13-12(8)14-6-7-15-13/h2-7,17H,1H3,(H,15,16). The molecule has 2 heterocycles. The average molecular weight is 225 g/mol. The molecule has 84 valence electrons. The number of aromatic nitrogens is 3. The SMILES string of the molecule is Cc1c(-c2ccc(O)cc2)[nH]c2nccnc12. The lowest BCUT2D eigenvalue weighted by molar-refractivity contribution is 0.475. The Bertz CT molecular complexity index is 671. The number of rotatable bonds is 1. The van der Waals surface area contributed by atoms with Crippen LogP contribution >= 0.6 is 0 Å². The summed E-state index contributed by atoms with van der Waals surface area (Å²) in [7, 11) is 0. The molecule has 0 spiro atoms. The molecule has 4 heteroatoms. The summed E-state index contributed by atoms with van der Waals surface area (Å²) >= 11 is 0. The molecule has 0 amide bonds. The van der Waals surface area contributed by atoms with Crippen LogP contribution in [0.5, 0.6) is 5.75 Å². The highest BCUT2D eigenvalue weighted by Gasteiger charge is 2.10. The minimum Gasteiger partial charge on any atom is -0.508 e. The maximum absolute atomic E-state index is 9.28. The first-order valence-electron chi connectivity index (χ1n) is 5.34. The van der Waals surface area contributed by atoms with Crippen molar-refractivity contribution in [3.8, 4) is 17.0 Å². The number of benzene rings is 1. The van der Waals surface area contributed by atoms with E-state index in [0.717, 1.165) is 28.0 Å². The van der Waals surface area contributed by atoms with Gasteiger partial charge in [-0.15, -0.1) is 0 Å². The normalized spacial score (nSPS) is 10.9. The maximum atomic E-state index is 9.28. The number of H-pyrrole nitrogens is 1. The van der Waals surface area contributed by atoms with Crippen LogP contribution in [0.25, 0.3) is 22.4 Å². The predicted molar refractivity (Wildman–Crippen MR) is 65.7 cm³/mol. The van der Waals surface area contributed by atoms with Gasteiger partial charge >= 0.3 is 0 Å². The lowest BCUT2D eigenvalue weighted by atomic mass is 10.1. The number of phenolic OH excluding ortho intramolecular Hbond substituents is 1. The first-order chi connectivity index (χ1) is 8.25. The molecule has 0 saturated carbocycles. The van der Waals surface area contributed by atoms with Crippen molar-refractivity contribution in [2.45, 2.75) is 6.92 Å². The Balaban J connectivity index is 2.24. The van der Waals surface area contributed by atoms with E-state index in [1.54, 1.807) is 24.5 Å². The Kier molecular flexibility index (Phi) is 2.08. The van der Waals surface area contributed by atoms with E-state index in [9.17, 15) is 5.11 Å². The van der Waals surface area contributed by atoms with Gasteiger partial charge in [0.2, 0.25) is 0 Å². The van der Waals surface area contributed by atoms with Crippen LogP contribution < -0.4 is 0 Å². The molecule has 2 aromatic heterocycles. The van der Waals surface area contributed by atoms with E-state index in [0.29, 0.717) is 0 Å². The van der Waals surface area contributed by atoms with Crippen LogP contribution in [0.15, 0.2) is 36.7 Å². The van der Waals surface area contributed by atoms with Gasteiger partial charge in [0, 0.05) is 18.0 Å². The molecule has 0 saturated heterocycles. The second-order valence-electron chi connectivity index (χ2n) is 3.93. The van der Waals surface area contributed by atoms with Crippen molar-refractivity contribution in [3.05, 3.63) is 42.2 Å². The molecule has 0 bridgehead atoms. The van der Waals surface area contributed by atoms with Crippen molar-refractivity contribution < 1.29 is 5.11 Å². The van der Waals surface area contributed by atoms with Gasteiger partial charge in [0.15, 0.2) is 5.65 Å². The highest BCUT2D eigenvalue weighted by atomic mass is 16.3. The van der Waals surface area contributed by atoms with Crippen LogP contribution in [-0.2, 0) is 0 Å². The van der Waals surface area contributed by atoms with E-state index < -0.39 is 0 Å². The van der Waals surface area contributed by atoms with Crippen LogP contribution in [0.1, 0.15) is 5.56 Å². The van der Waals surface area contributed by atoms with Crippen molar-refractivity contribution in [3.63, 3.8) is 0 Å². The summed E-state index contributed by atoms with van der Waals surface area (Å²) in [6, 6.07) is 7.07. The van der Waals surface area contributed by atoms with Crippen LogP contribution in [-0.4, -0.2) is 20.1 Å². The Morgan fingerprint density at radius 2 is 1.76 bits per heavy atom. The van der Waals surface area contributed by atoms with Crippen LogP contribution in [0.4, 0.5) is 0 Å². The third-order valence-corrected chi connectivity index (χ3v) is 2.83. The highest BCUT2D eigenvalue weighted by Crippen LogP contribution is 2.28. The predicted octanol–water partition coefficient (Wildman–Crippen LogP) is 2.64. The molecule has 4 nitrogen and oxygen atoms in total. The van der Waals surface area contributed by atoms with Crippen molar-refractivity contribution in [1.82, 2.24) is 15.0 Å². The van der Waals surface area contributed by atoms with Gasteiger partial charge in [-0.25, -0.2) is 4.98 Å². The van der Waals surface area contributed by atoms with Gasteiger partial charge in [-0.1, -0.05) is 0 Å². The molecular formula is C13H11N3O. The number of hydrogen-bond acceptors (Lipinski definition) is 3. The number of aryl methyl sites for hydroxylation is 1. The number of aromatic hydroxyl groups is 1. The molecule has 0 aliphatic heterocycles. The molecule has 1 aromatic carbocycles. The van der Waals surface area contributed by atoms with Gasteiger partial charge in [0.1, 0.15) is 11.3 Å². The summed E-state index contributed by atoms with van der Waals surface area (Å²) in [5, 5.41) is 9.28. The Hall–Kier alpha value is -2.36. The first kappa shape index (κ1) is 9.84. The summed E-state index contributed by atoms with van der Waals surface area (Å²) in [5.74, 6) is 0.263. The molecule has 0 atom stereocenters. The molecule has 3 rings (SSSR count). The second-order valence-corrected chi connectivity index (χ2v) is 3.93. The fourth-order valence-corrected chi connectivity index (χ4v) is 1.95. The maximum Gasteiger partial charge on any atom is 0.156 e. The van der Waals surface area contributed by atoms with E-state index >= 15 is 0 Å². The zero-order chi connectivity index (χ0) is 11.8. The van der Waals surface area contributed by atoms with Crippen molar-refractivity contribution in [2.75, 3.05) is 0 Å². The monoisotopic (exact) mass is 225 g/mol. The number of nitrogens with zero attached hydrogens (tertiary/aromatic N) is 2. The van der Waals surface area contributed by atoms with E-state index in [4.69, 9.17) is 0 Å². The molecule has 0 aliphatic rings. The van der Waals surface area contributed by atoms with E-state index in [2.05, 4.69) is 15.0 Å². The largest absolute Gasteiger partial charge is 0.508 e. The average Bonchev–Trinajstić information content (AvgIpc) is 2.69. The van der Waals surface area contributed by atoms with Crippen LogP contribution in [0.2, 0.25) is 0 Å². The Labute approximate surface area is 98.0 Å². The van der Waals surface area contributed by atoms with Crippen molar-refractivity contribution in [1.29, 1.82) is 0 Å². The van der Waals surface area contributed by atoms with Gasteiger partial charge in [-0.2, -0.15) is 0 Å². The number of fused-ring (bicyclic) bond motifs is 1. The van der Waals surface area contributed by atoms with Crippen LogP contribution in [0, 0.1) is 6.92 Å². The summed E-state index contributed by atoms with van der Waals surface area (Å²) in [6.07, 6.45) is 3.35. The zero-order valence-electron chi connectivity index (χ0n) is 9.31. The van der Waals surface area contributed by atoms with Gasteiger partial charge in [0.05, 0.1) is 5.69 Å². The molecule has 0 unspecified atom stereocenters. The third-order valence-electron chi connectivity index (χ3n) is 2.83. The molecule has 0 fully saturated rings. The summed E-state index contributed by atoms with van der Waals surface area (Å²) in [4.78, 5) is 11.8. The molecule has 0 aliphatic carbocycles. The van der Waals surface area contributed by atoms with Crippen molar-refractivity contribution >= 4 is 11.2 Å².